The quantitative estimate of drug-likeness (QED) is 0.263. The van der Waals surface area contributed by atoms with Gasteiger partial charge in [-0.25, -0.2) is 4.79 Å². The summed E-state index contributed by atoms with van der Waals surface area (Å²) >= 11 is 1.59. The molecule has 0 fully saturated rings. The molecule has 1 heterocycles. The molecule has 2 atom stereocenters. The van der Waals surface area contributed by atoms with Gasteiger partial charge in [0.25, 0.3) is 0 Å². The van der Waals surface area contributed by atoms with E-state index in [1.807, 2.05) is 30.0 Å². The molecule has 3 rings (SSSR count). The van der Waals surface area contributed by atoms with Gasteiger partial charge < -0.3 is 0 Å². The van der Waals surface area contributed by atoms with E-state index in [0.29, 0.717) is 5.75 Å². The van der Waals surface area contributed by atoms with E-state index in [2.05, 4.69) is 9.88 Å². The predicted octanol–water partition coefficient (Wildman–Crippen LogP) is 6.77. The molecule has 2 aromatic rings. The Kier molecular flexibility index (Phi) is 6.82. The zero-order valence-corrected chi connectivity index (χ0v) is 17.9. The monoisotopic (exact) mass is 455 g/mol. The molecule has 0 bridgehead atoms. The van der Waals surface area contributed by atoms with Crippen molar-refractivity contribution in [1.29, 1.82) is 0 Å². The van der Waals surface area contributed by atoms with Crippen LogP contribution in [0.1, 0.15) is 25.8 Å². The average Bonchev–Trinajstić information content (AvgIpc) is 3.24. The number of carbonyl (C=O) groups is 1. The Balaban J connectivity index is 1.75. The van der Waals surface area contributed by atoms with E-state index >= 15 is 0 Å². The Morgan fingerprint density at radius 3 is 2.33 bits per heavy atom. The Hall–Kier alpha value is -2.39. The molecule has 2 aromatic carbocycles. The van der Waals surface area contributed by atoms with Crippen molar-refractivity contribution < 1.29 is 27.7 Å². The van der Waals surface area contributed by atoms with Gasteiger partial charge in [-0.2, -0.15) is 13.2 Å². The van der Waals surface area contributed by atoms with Crippen molar-refractivity contribution in [3.05, 3.63) is 65.7 Å². The van der Waals surface area contributed by atoms with E-state index in [9.17, 15) is 18.0 Å². The average molecular weight is 456 g/mol. The second kappa shape index (κ2) is 9.18. The number of aliphatic imine (C=N–C) groups is 1. The maximum absolute atomic E-state index is 12.9. The lowest BCUT2D eigenvalue weighted by Crippen LogP contribution is -2.11. The van der Waals surface area contributed by atoms with Crippen LogP contribution in [0.4, 0.5) is 13.2 Å². The van der Waals surface area contributed by atoms with Crippen LogP contribution in [0.3, 0.4) is 0 Å². The first-order chi connectivity index (χ1) is 14.2. The van der Waals surface area contributed by atoms with Gasteiger partial charge >= 0.3 is 12.1 Å². The van der Waals surface area contributed by atoms with Crippen LogP contribution < -0.4 is 4.89 Å². The standard InChI is InChI=1S/C21H20F3NO3S2/c1-3-20(26)28-27-17-6-8-18(9-7-17)29-15(2)30(13-12-25-14-30)19-10-4-16(5-11-19)21(22,23)24/h4-15H,3H2,1-2H3. The van der Waals surface area contributed by atoms with Crippen LogP contribution in [-0.4, -0.2) is 16.1 Å². The third-order valence-electron chi connectivity index (χ3n) is 4.39. The van der Waals surface area contributed by atoms with Crippen LogP contribution in [0.15, 0.2) is 74.9 Å². The third kappa shape index (κ3) is 5.02. The summed E-state index contributed by atoms with van der Waals surface area (Å²) in [4.78, 5) is 26.8. The van der Waals surface area contributed by atoms with Crippen molar-refractivity contribution >= 4 is 33.3 Å². The summed E-state index contributed by atoms with van der Waals surface area (Å²) in [7, 11) is -1.69. The van der Waals surface area contributed by atoms with Crippen LogP contribution in [0.25, 0.3) is 0 Å². The third-order valence-corrected chi connectivity index (χ3v) is 9.74. The van der Waals surface area contributed by atoms with Crippen LogP contribution in [0.2, 0.25) is 0 Å². The summed E-state index contributed by atoms with van der Waals surface area (Å²) in [5, 5.41) is 1.98. The molecule has 30 heavy (non-hydrogen) atoms. The molecule has 0 saturated carbocycles. The van der Waals surface area contributed by atoms with Gasteiger partial charge in [-0.1, -0.05) is 6.92 Å². The molecular formula is C21H20F3NO3S2. The molecule has 0 aliphatic carbocycles. The molecule has 0 aromatic heterocycles. The van der Waals surface area contributed by atoms with Crippen molar-refractivity contribution in [2.75, 3.05) is 0 Å². The van der Waals surface area contributed by atoms with Gasteiger partial charge in [0.15, 0.2) is 5.75 Å². The van der Waals surface area contributed by atoms with Gasteiger partial charge in [0.2, 0.25) is 0 Å². The summed E-state index contributed by atoms with van der Waals surface area (Å²) in [5.41, 5.74) is 1.17. The summed E-state index contributed by atoms with van der Waals surface area (Å²) < 4.78 is 38.8. The van der Waals surface area contributed by atoms with E-state index in [1.165, 1.54) is 12.1 Å². The highest BCUT2D eigenvalue weighted by Gasteiger charge is 2.34. The molecule has 1 aliphatic rings. The zero-order chi connectivity index (χ0) is 21.8. The highest BCUT2D eigenvalue weighted by Crippen LogP contribution is 2.64. The topological polar surface area (TPSA) is 47.9 Å². The van der Waals surface area contributed by atoms with Gasteiger partial charge in [-0.15, -0.1) is 21.8 Å². The number of thioether (sulfide) groups is 1. The van der Waals surface area contributed by atoms with E-state index < -0.39 is 27.7 Å². The van der Waals surface area contributed by atoms with Crippen molar-refractivity contribution in [2.24, 2.45) is 4.99 Å². The molecule has 0 saturated heterocycles. The Labute approximate surface area is 178 Å². The molecule has 0 radical (unpaired) electrons. The molecule has 0 amide bonds. The second-order valence-corrected chi connectivity index (χ2v) is 11.3. The van der Waals surface area contributed by atoms with Crippen LogP contribution in [0.5, 0.6) is 5.75 Å². The van der Waals surface area contributed by atoms with Gasteiger partial charge in [-0.3, -0.25) is 14.8 Å². The number of halogens is 3. The Bertz CT molecular complexity index is 929. The van der Waals surface area contributed by atoms with Crippen molar-refractivity contribution in [2.45, 2.75) is 40.8 Å². The highest BCUT2D eigenvalue weighted by molar-refractivity contribution is 8.51. The fraction of sp³-hybridized carbons (Fsp3) is 0.238. The Morgan fingerprint density at radius 1 is 1.13 bits per heavy atom. The smallest absolute Gasteiger partial charge is 0.287 e. The predicted molar refractivity (Wildman–Crippen MR) is 114 cm³/mol. The van der Waals surface area contributed by atoms with Crippen LogP contribution >= 0.6 is 21.8 Å². The lowest BCUT2D eigenvalue weighted by molar-refractivity contribution is -0.213. The molecule has 9 heteroatoms. The zero-order valence-electron chi connectivity index (χ0n) is 16.3. The Morgan fingerprint density at radius 2 is 1.80 bits per heavy atom. The van der Waals surface area contributed by atoms with Gasteiger partial charge in [0.05, 0.1) is 11.1 Å². The maximum Gasteiger partial charge on any atom is 0.416 e. The van der Waals surface area contributed by atoms with Crippen molar-refractivity contribution in [1.82, 2.24) is 0 Å². The van der Waals surface area contributed by atoms with Gasteiger partial charge in [0, 0.05) is 22.1 Å². The summed E-state index contributed by atoms with van der Waals surface area (Å²) in [5.74, 6) is -0.0580. The molecule has 0 spiro atoms. The minimum atomic E-state index is -4.36. The summed E-state index contributed by atoms with van der Waals surface area (Å²) in [6, 6.07) is 12.4. The second-order valence-electron chi connectivity index (χ2n) is 6.37. The van der Waals surface area contributed by atoms with Crippen LogP contribution in [-0.2, 0) is 15.9 Å². The van der Waals surface area contributed by atoms with E-state index in [1.54, 1.807) is 37.0 Å². The summed E-state index contributed by atoms with van der Waals surface area (Å²) in [6.45, 7) is 3.70. The minimum absolute atomic E-state index is 0.0291. The molecule has 1 aliphatic heterocycles. The first-order valence-corrected chi connectivity index (χ1v) is 11.8. The normalized spacial score (nSPS) is 21.1. The number of carbonyl (C=O) groups excluding carboxylic acids is 1. The van der Waals surface area contributed by atoms with E-state index in [-0.39, 0.29) is 11.0 Å². The van der Waals surface area contributed by atoms with E-state index in [0.717, 1.165) is 21.9 Å². The lowest BCUT2D eigenvalue weighted by atomic mass is 10.2. The molecule has 0 N–H and O–H groups in total. The fourth-order valence-corrected chi connectivity index (χ4v) is 7.31. The number of hydrogen-bond acceptors (Lipinski definition) is 5. The number of alkyl halides is 3. The van der Waals surface area contributed by atoms with Gasteiger partial charge in [-0.05, 0) is 65.8 Å². The van der Waals surface area contributed by atoms with Crippen molar-refractivity contribution in [3.63, 3.8) is 0 Å². The maximum atomic E-state index is 12.9. The van der Waals surface area contributed by atoms with Crippen molar-refractivity contribution in [3.8, 4) is 5.75 Å². The van der Waals surface area contributed by atoms with E-state index in [4.69, 9.17) is 4.89 Å². The molecular weight excluding hydrogens is 435 g/mol. The van der Waals surface area contributed by atoms with Crippen LogP contribution in [0, 0.1) is 0 Å². The lowest BCUT2D eigenvalue weighted by Gasteiger charge is -2.37. The SMILES string of the molecule is CCC(=O)OOc1ccc(SC(C)S2(c3ccc(C(F)(F)F)cc3)C=CN=C2)cc1. The largest absolute Gasteiger partial charge is 0.416 e. The first kappa shape index (κ1) is 22.3. The number of hydrogen-bond donors (Lipinski definition) is 0. The minimum Gasteiger partial charge on any atom is -0.287 e. The molecule has 4 nitrogen and oxygen atoms in total. The highest BCUT2D eigenvalue weighted by atomic mass is 32.3. The molecule has 2 unspecified atom stereocenters. The number of rotatable bonds is 7. The molecule has 160 valence electrons. The number of benzene rings is 2. The fourth-order valence-electron chi connectivity index (χ4n) is 2.71. The number of nitrogens with zero attached hydrogens (tertiary/aromatic N) is 1. The van der Waals surface area contributed by atoms with Gasteiger partial charge in [0.1, 0.15) is 0 Å². The summed E-state index contributed by atoms with van der Waals surface area (Å²) in [6.07, 6.45) is -2.45. The first-order valence-electron chi connectivity index (χ1n) is 9.08.